The van der Waals surface area contributed by atoms with Crippen LogP contribution in [0.25, 0.3) is 0 Å². The molecule has 0 unspecified atom stereocenters. The van der Waals surface area contributed by atoms with Gasteiger partial charge in [-0.2, -0.15) is 11.8 Å². The Morgan fingerprint density at radius 2 is 2.13 bits per heavy atom. The van der Waals surface area contributed by atoms with E-state index < -0.39 is 0 Å². The summed E-state index contributed by atoms with van der Waals surface area (Å²) in [6.45, 7) is 2.88. The van der Waals surface area contributed by atoms with Crippen molar-refractivity contribution in [3.05, 3.63) is 23.8 Å². The van der Waals surface area contributed by atoms with Crippen LogP contribution < -0.4 is 5.32 Å². The molecule has 1 aromatic rings. The summed E-state index contributed by atoms with van der Waals surface area (Å²) in [6.07, 6.45) is 4.55. The fourth-order valence-corrected chi connectivity index (χ4v) is 1.82. The van der Waals surface area contributed by atoms with Crippen molar-refractivity contribution in [2.75, 3.05) is 23.9 Å². The molecule has 0 atom stereocenters. The van der Waals surface area contributed by atoms with E-state index in [9.17, 15) is 5.11 Å². The van der Waals surface area contributed by atoms with Crippen LogP contribution in [0.1, 0.15) is 18.4 Å². The molecule has 0 amide bonds. The average Bonchev–Trinajstić information content (AvgIpc) is 2.23. The van der Waals surface area contributed by atoms with Gasteiger partial charge in [0.2, 0.25) is 0 Å². The van der Waals surface area contributed by atoms with Crippen molar-refractivity contribution in [1.29, 1.82) is 0 Å². The molecule has 0 saturated carbocycles. The zero-order chi connectivity index (χ0) is 11.1. The number of phenols is 1. The first-order valence-corrected chi connectivity index (χ1v) is 6.66. The van der Waals surface area contributed by atoms with Crippen LogP contribution in [0.5, 0.6) is 5.75 Å². The standard InChI is InChI=1S/C12H19NOS/c1-10-5-6-11(9-12(10)14)13-7-3-4-8-15-2/h5-6,9,13-14H,3-4,7-8H2,1-2H3. The van der Waals surface area contributed by atoms with Crippen molar-refractivity contribution in [3.63, 3.8) is 0 Å². The van der Waals surface area contributed by atoms with Crippen LogP contribution >= 0.6 is 11.8 Å². The van der Waals surface area contributed by atoms with Crippen molar-refractivity contribution >= 4 is 17.4 Å². The van der Waals surface area contributed by atoms with E-state index in [1.807, 2.05) is 30.8 Å². The summed E-state index contributed by atoms with van der Waals surface area (Å²) in [6, 6.07) is 5.72. The summed E-state index contributed by atoms with van der Waals surface area (Å²) in [7, 11) is 0. The third-order valence-corrected chi connectivity index (χ3v) is 3.01. The summed E-state index contributed by atoms with van der Waals surface area (Å²) in [5.74, 6) is 1.59. The molecule has 0 radical (unpaired) electrons. The number of rotatable bonds is 6. The minimum absolute atomic E-state index is 0.365. The number of aryl methyl sites for hydroxylation is 1. The normalized spacial score (nSPS) is 10.3. The molecule has 0 aliphatic rings. The van der Waals surface area contributed by atoms with Crippen LogP contribution in [-0.4, -0.2) is 23.7 Å². The van der Waals surface area contributed by atoms with Gasteiger partial charge in [-0.3, -0.25) is 0 Å². The van der Waals surface area contributed by atoms with E-state index in [-0.39, 0.29) is 0 Å². The van der Waals surface area contributed by atoms with Crippen molar-refractivity contribution in [3.8, 4) is 5.75 Å². The second-order valence-corrected chi connectivity index (χ2v) is 4.61. The molecule has 0 aliphatic heterocycles. The van der Waals surface area contributed by atoms with Crippen molar-refractivity contribution in [1.82, 2.24) is 0 Å². The molecule has 84 valence electrons. The van der Waals surface area contributed by atoms with E-state index in [2.05, 4.69) is 11.6 Å². The number of hydrogen-bond donors (Lipinski definition) is 2. The molecule has 0 bridgehead atoms. The maximum atomic E-state index is 9.50. The van der Waals surface area contributed by atoms with Crippen LogP contribution in [0, 0.1) is 6.92 Å². The Morgan fingerprint density at radius 3 is 2.80 bits per heavy atom. The number of unbranched alkanes of at least 4 members (excludes halogenated alkanes) is 1. The van der Waals surface area contributed by atoms with Gasteiger partial charge in [0.05, 0.1) is 0 Å². The number of thioether (sulfide) groups is 1. The van der Waals surface area contributed by atoms with E-state index in [1.54, 1.807) is 6.07 Å². The van der Waals surface area contributed by atoms with Crippen LogP contribution in [0.15, 0.2) is 18.2 Å². The third kappa shape index (κ3) is 4.47. The van der Waals surface area contributed by atoms with Gasteiger partial charge >= 0.3 is 0 Å². The second kappa shape index (κ2) is 6.62. The van der Waals surface area contributed by atoms with E-state index in [0.717, 1.165) is 17.8 Å². The molecule has 2 nitrogen and oxygen atoms in total. The van der Waals surface area contributed by atoms with Gasteiger partial charge in [0, 0.05) is 18.3 Å². The molecule has 0 saturated heterocycles. The molecule has 1 rings (SSSR count). The molecule has 15 heavy (non-hydrogen) atoms. The maximum Gasteiger partial charge on any atom is 0.120 e. The first kappa shape index (κ1) is 12.2. The molecule has 2 N–H and O–H groups in total. The van der Waals surface area contributed by atoms with Crippen molar-refractivity contribution in [2.45, 2.75) is 19.8 Å². The fraction of sp³-hybridized carbons (Fsp3) is 0.500. The van der Waals surface area contributed by atoms with Gasteiger partial charge in [-0.1, -0.05) is 6.07 Å². The topological polar surface area (TPSA) is 32.3 Å². The highest BCUT2D eigenvalue weighted by Gasteiger charge is 1.97. The van der Waals surface area contributed by atoms with Gasteiger partial charge in [0.25, 0.3) is 0 Å². The van der Waals surface area contributed by atoms with Crippen LogP contribution in [0.2, 0.25) is 0 Å². The number of nitrogens with one attached hydrogen (secondary N) is 1. The van der Waals surface area contributed by atoms with Gasteiger partial charge in [-0.15, -0.1) is 0 Å². The predicted molar refractivity (Wildman–Crippen MR) is 68.9 cm³/mol. The predicted octanol–water partition coefficient (Wildman–Crippen LogP) is 3.26. The van der Waals surface area contributed by atoms with E-state index in [1.165, 1.54) is 18.6 Å². The van der Waals surface area contributed by atoms with E-state index in [0.29, 0.717) is 5.75 Å². The first-order chi connectivity index (χ1) is 7.24. The molecule has 0 aliphatic carbocycles. The number of hydrogen-bond acceptors (Lipinski definition) is 3. The van der Waals surface area contributed by atoms with Gasteiger partial charge < -0.3 is 10.4 Å². The number of benzene rings is 1. The van der Waals surface area contributed by atoms with Crippen LogP contribution in [0.4, 0.5) is 5.69 Å². The molecule has 3 heteroatoms. The van der Waals surface area contributed by atoms with Gasteiger partial charge in [-0.25, -0.2) is 0 Å². The molecular formula is C12H19NOS. The largest absolute Gasteiger partial charge is 0.508 e. The summed E-state index contributed by atoms with van der Waals surface area (Å²) in [5, 5.41) is 12.8. The zero-order valence-electron chi connectivity index (χ0n) is 9.42. The lowest BCUT2D eigenvalue weighted by molar-refractivity contribution is 0.471. The number of anilines is 1. The lowest BCUT2D eigenvalue weighted by atomic mass is 10.2. The molecule has 1 aromatic carbocycles. The molecule has 0 heterocycles. The lowest BCUT2D eigenvalue weighted by Gasteiger charge is -2.07. The SMILES string of the molecule is CSCCCCNc1ccc(C)c(O)c1. The molecule has 0 fully saturated rings. The van der Waals surface area contributed by atoms with Crippen molar-refractivity contribution < 1.29 is 5.11 Å². The monoisotopic (exact) mass is 225 g/mol. The number of aromatic hydroxyl groups is 1. The lowest BCUT2D eigenvalue weighted by Crippen LogP contribution is -2.01. The van der Waals surface area contributed by atoms with E-state index >= 15 is 0 Å². The Labute approximate surface area is 96.1 Å². The van der Waals surface area contributed by atoms with Crippen molar-refractivity contribution in [2.24, 2.45) is 0 Å². The minimum atomic E-state index is 0.365. The Balaban J connectivity index is 2.28. The highest BCUT2D eigenvalue weighted by molar-refractivity contribution is 7.98. The molecule has 0 spiro atoms. The molecule has 0 aromatic heterocycles. The van der Waals surface area contributed by atoms with Gasteiger partial charge in [0.1, 0.15) is 5.75 Å². The Kier molecular flexibility index (Phi) is 5.40. The van der Waals surface area contributed by atoms with Gasteiger partial charge in [-0.05, 0) is 43.4 Å². The smallest absolute Gasteiger partial charge is 0.120 e. The Hall–Kier alpha value is -0.830. The Morgan fingerprint density at radius 1 is 1.33 bits per heavy atom. The Bertz CT molecular complexity index is 302. The summed E-state index contributed by atoms with van der Waals surface area (Å²) in [5.41, 5.74) is 1.92. The maximum absolute atomic E-state index is 9.50. The second-order valence-electron chi connectivity index (χ2n) is 3.63. The van der Waals surface area contributed by atoms with E-state index in [4.69, 9.17) is 0 Å². The minimum Gasteiger partial charge on any atom is -0.508 e. The summed E-state index contributed by atoms with van der Waals surface area (Å²) in [4.78, 5) is 0. The third-order valence-electron chi connectivity index (χ3n) is 2.31. The first-order valence-electron chi connectivity index (χ1n) is 5.26. The fourth-order valence-electron chi connectivity index (χ4n) is 1.32. The number of phenolic OH excluding ortho intramolecular Hbond substituents is 1. The highest BCUT2D eigenvalue weighted by Crippen LogP contribution is 2.20. The quantitative estimate of drug-likeness (QED) is 0.729. The zero-order valence-corrected chi connectivity index (χ0v) is 10.2. The van der Waals surface area contributed by atoms with Crippen LogP contribution in [-0.2, 0) is 0 Å². The van der Waals surface area contributed by atoms with Crippen LogP contribution in [0.3, 0.4) is 0 Å². The highest BCUT2D eigenvalue weighted by atomic mass is 32.2. The average molecular weight is 225 g/mol. The summed E-state index contributed by atoms with van der Waals surface area (Å²) >= 11 is 1.88. The summed E-state index contributed by atoms with van der Waals surface area (Å²) < 4.78 is 0. The van der Waals surface area contributed by atoms with Gasteiger partial charge in [0.15, 0.2) is 0 Å². The molecular weight excluding hydrogens is 206 g/mol.